The van der Waals surface area contributed by atoms with E-state index >= 15 is 0 Å². The Kier molecular flexibility index (Phi) is 4.14. The van der Waals surface area contributed by atoms with Crippen LogP contribution in [0, 0.1) is 11.3 Å². The largest absolute Gasteiger partial charge is 0.256 e. The first-order chi connectivity index (χ1) is 8.69. The summed E-state index contributed by atoms with van der Waals surface area (Å²) in [7, 11) is 0. The van der Waals surface area contributed by atoms with Crippen molar-refractivity contribution in [1.29, 1.82) is 5.26 Å². The minimum atomic E-state index is 0.629. The van der Waals surface area contributed by atoms with Gasteiger partial charge in [0.2, 0.25) is 0 Å². The number of nitrogens with zero attached hydrogens (tertiary/aromatic N) is 2. The van der Waals surface area contributed by atoms with Crippen molar-refractivity contribution in [3.05, 3.63) is 63.1 Å². The van der Waals surface area contributed by atoms with Crippen LogP contribution in [0.4, 0.5) is 5.69 Å². The van der Waals surface area contributed by atoms with Gasteiger partial charge in [-0.25, -0.2) is 0 Å². The van der Waals surface area contributed by atoms with E-state index in [2.05, 4.69) is 27.0 Å². The molecule has 0 radical (unpaired) electrons. The van der Waals surface area contributed by atoms with E-state index in [0.717, 1.165) is 15.7 Å². The fraction of sp³-hybridized carbons (Fsp3) is 0. The average molecular weight is 320 g/mol. The number of benzene rings is 2. The monoisotopic (exact) mass is 318 g/mol. The molecule has 0 bridgehead atoms. The third-order valence-electron chi connectivity index (χ3n) is 2.31. The predicted molar refractivity (Wildman–Crippen MR) is 77.6 cm³/mol. The van der Waals surface area contributed by atoms with Crippen LogP contribution in [-0.2, 0) is 0 Å². The Hall–Kier alpha value is -1.63. The fourth-order valence-electron chi connectivity index (χ4n) is 1.36. The normalized spacial score (nSPS) is 10.5. The van der Waals surface area contributed by atoms with Gasteiger partial charge in [0.05, 0.1) is 22.3 Å². The topological polar surface area (TPSA) is 36.1 Å². The summed E-state index contributed by atoms with van der Waals surface area (Å²) in [6, 6.07) is 14.8. The van der Waals surface area contributed by atoms with Crippen molar-refractivity contribution < 1.29 is 0 Å². The average Bonchev–Trinajstić information content (AvgIpc) is 2.41. The Balaban J connectivity index is 2.19. The lowest BCUT2D eigenvalue weighted by Crippen LogP contribution is -1.81. The van der Waals surface area contributed by atoms with Gasteiger partial charge in [-0.2, -0.15) is 5.26 Å². The second-order valence-electron chi connectivity index (χ2n) is 3.59. The number of nitriles is 1. The van der Waals surface area contributed by atoms with E-state index < -0.39 is 0 Å². The summed E-state index contributed by atoms with van der Waals surface area (Å²) in [6.07, 6.45) is 1.74. The molecule has 0 amide bonds. The maximum absolute atomic E-state index is 8.69. The van der Waals surface area contributed by atoms with Crippen LogP contribution in [0.3, 0.4) is 0 Å². The smallest absolute Gasteiger partial charge is 0.0991 e. The van der Waals surface area contributed by atoms with Crippen molar-refractivity contribution in [1.82, 2.24) is 0 Å². The van der Waals surface area contributed by atoms with Crippen LogP contribution >= 0.6 is 27.5 Å². The molecule has 0 aromatic heterocycles. The lowest BCUT2D eigenvalue weighted by atomic mass is 10.2. The molecule has 0 unspecified atom stereocenters. The lowest BCUT2D eigenvalue weighted by molar-refractivity contribution is 1.47. The molecular weight excluding hydrogens is 312 g/mol. The molecular formula is C14H8BrClN2. The van der Waals surface area contributed by atoms with Crippen molar-refractivity contribution in [3.8, 4) is 6.07 Å². The minimum absolute atomic E-state index is 0.629. The van der Waals surface area contributed by atoms with Crippen LogP contribution in [0.25, 0.3) is 0 Å². The van der Waals surface area contributed by atoms with Crippen molar-refractivity contribution in [2.45, 2.75) is 0 Å². The molecule has 0 spiro atoms. The molecule has 0 heterocycles. The molecule has 0 saturated heterocycles. The molecule has 0 aliphatic carbocycles. The second kappa shape index (κ2) is 5.81. The van der Waals surface area contributed by atoms with E-state index in [-0.39, 0.29) is 0 Å². The molecule has 2 rings (SSSR count). The van der Waals surface area contributed by atoms with E-state index in [1.807, 2.05) is 24.3 Å². The molecule has 0 fully saturated rings. The summed E-state index contributed by atoms with van der Waals surface area (Å²) in [5.41, 5.74) is 2.36. The molecule has 0 saturated carbocycles. The van der Waals surface area contributed by atoms with Gasteiger partial charge in [-0.3, -0.25) is 4.99 Å². The second-order valence-corrected chi connectivity index (χ2v) is 4.85. The summed E-state index contributed by atoms with van der Waals surface area (Å²) in [5.74, 6) is 0. The lowest BCUT2D eigenvalue weighted by Gasteiger charge is -1.98. The van der Waals surface area contributed by atoms with Crippen molar-refractivity contribution in [2.75, 3.05) is 0 Å². The number of rotatable bonds is 2. The zero-order chi connectivity index (χ0) is 13.0. The Labute approximate surface area is 119 Å². The van der Waals surface area contributed by atoms with Crippen LogP contribution in [0.15, 0.2) is 51.9 Å². The highest BCUT2D eigenvalue weighted by molar-refractivity contribution is 9.10. The number of halogens is 2. The van der Waals surface area contributed by atoms with Crippen LogP contribution in [0.1, 0.15) is 11.1 Å². The first-order valence-electron chi connectivity index (χ1n) is 5.18. The summed E-state index contributed by atoms with van der Waals surface area (Å²) >= 11 is 9.31. The molecule has 2 aromatic carbocycles. The molecule has 2 nitrogen and oxygen atoms in total. The van der Waals surface area contributed by atoms with Crippen LogP contribution < -0.4 is 0 Å². The minimum Gasteiger partial charge on any atom is -0.256 e. The zero-order valence-corrected chi connectivity index (χ0v) is 11.6. The van der Waals surface area contributed by atoms with Gasteiger partial charge in [-0.1, -0.05) is 23.7 Å². The van der Waals surface area contributed by atoms with Gasteiger partial charge in [0, 0.05) is 10.7 Å². The zero-order valence-electron chi connectivity index (χ0n) is 9.27. The Morgan fingerprint density at radius 2 is 1.89 bits per heavy atom. The quantitative estimate of drug-likeness (QED) is 0.737. The summed E-state index contributed by atoms with van der Waals surface area (Å²) < 4.78 is 0.849. The highest BCUT2D eigenvalue weighted by Crippen LogP contribution is 2.26. The Bertz CT molecular complexity index is 627. The van der Waals surface area contributed by atoms with E-state index in [1.54, 1.807) is 24.4 Å². The maximum Gasteiger partial charge on any atom is 0.0991 e. The van der Waals surface area contributed by atoms with Gasteiger partial charge in [0.15, 0.2) is 0 Å². The van der Waals surface area contributed by atoms with Crippen LogP contribution in [0.2, 0.25) is 5.02 Å². The molecule has 88 valence electrons. The Morgan fingerprint density at radius 3 is 2.50 bits per heavy atom. The van der Waals surface area contributed by atoms with Crippen LogP contribution in [0.5, 0.6) is 0 Å². The van der Waals surface area contributed by atoms with Gasteiger partial charge in [0.1, 0.15) is 0 Å². The van der Waals surface area contributed by atoms with E-state index in [1.165, 1.54) is 0 Å². The molecule has 0 aliphatic heterocycles. The number of hydrogen-bond donors (Lipinski definition) is 0. The number of aliphatic imine (C=N–C) groups is 1. The highest BCUT2D eigenvalue weighted by atomic mass is 79.9. The summed E-state index contributed by atoms with van der Waals surface area (Å²) in [4.78, 5) is 4.32. The third kappa shape index (κ3) is 3.19. The van der Waals surface area contributed by atoms with E-state index in [9.17, 15) is 0 Å². The van der Waals surface area contributed by atoms with Gasteiger partial charge < -0.3 is 0 Å². The van der Waals surface area contributed by atoms with Gasteiger partial charge in [-0.05, 0) is 51.8 Å². The van der Waals surface area contributed by atoms with Crippen molar-refractivity contribution in [2.24, 2.45) is 4.99 Å². The highest BCUT2D eigenvalue weighted by Gasteiger charge is 1.97. The standard InChI is InChI=1S/C14H8BrClN2/c15-13-6-5-12(7-14(13)16)18-9-11-3-1-10(8-17)2-4-11/h1-7,9H. The molecule has 18 heavy (non-hydrogen) atoms. The first-order valence-corrected chi connectivity index (χ1v) is 6.35. The predicted octanol–water partition coefficient (Wildman–Crippen LogP) is 4.72. The number of hydrogen-bond acceptors (Lipinski definition) is 2. The molecule has 0 aliphatic rings. The van der Waals surface area contributed by atoms with Crippen molar-refractivity contribution in [3.63, 3.8) is 0 Å². The summed E-state index contributed by atoms with van der Waals surface area (Å²) in [5, 5.41) is 9.32. The SMILES string of the molecule is N#Cc1ccc(C=Nc2ccc(Br)c(Cl)c2)cc1. The van der Waals surface area contributed by atoms with E-state index in [0.29, 0.717) is 10.6 Å². The maximum atomic E-state index is 8.69. The van der Waals surface area contributed by atoms with Gasteiger partial charge >= 0.3 is 0 Å². The van der Waals surface area contributed by atoms with Gasteiger partial charge in [-0.15, -0.1) is 0 Å². The van der Waals surface area contributed by atoms with E-state index in [4.69, 9.17) is 16.9 Å². The first kappa shape index (κ1) is 12.8. The van der Waals surface area contributed by atoms with Gasteiger partial charge in [0.25, 0.3) is 0 Å². The molecule has 2 aromatic rings. The van der Waals surface area contributed by atoms with Crippen LogP contribution in [-0.4, -0.2) is 6.21 Å². The molecule has 0 atom stereocenters. The Morgan fingerprint density at radius 1 is 1.17 bits per heavy atom. The molecule has 0 N–H and O–H groups in total. The molecule has 4 heteroatoms. The fourth-order valence-corrected chi connectivity index (χ4v) is 1.78. The van der Waals surface area contributed by atoms with Crippen molar-refractivity contribution >= 4 is 39.4 Å². The summed E-state index contributed by atoms with van der Waals surface area (Å²) in [6.45, 7) is 0. The third-order valence-corrected chi connectivity index (χ3v) is 3.54.